The average Bonchev–Trinajstić information content (AvgIpc) is 3.35. The first kappa shape index (κ1) is 25.5. The smallest absolute Gasteiger partial charge is 0.281 e. The van der Waals surface area contributed by atoms with Gasteiger partial charge >= 0.3 is 0 Å². The number of benzene rings is 1. The van der Waals surface area contributed by atoms with Crippen LogP contribution in [0.2, 0.25) is 0 Å². The summed E-state index contributed by atoms with van der Waals surface area (Å²) in [5, 5.41) is 15.2. The van der Waals surface area contributed by atoms with Gasteiger partial charge in [0.05, 0.1) is 22.2 Å². The van der Waals surface area contributed by atoms with E-state index in [1.165, 1.54) is 36.4 Å². The number of nitrogens with one attached hydrogen (secondary N) is 2. The molecule has 1 aromatic carbocycles. The highest BCUT2D eigenvalue weighted by Gasteiger charge is 2.45. The molecule has 1 fully saturated rings. The van der Waals surface area contributed by atoms with E-state index in [1.54, 1.807) is 16.8 Å². The van der Waals surface area contributed by atoms with E-state index in [2.05, 4.69) is 15.6 Å². The average molecular weight is 588 g/mol. The lowest BCUT2D eigenvalue weighted by molar-refractivity contribution is -0.142. The fraction of sp³-hybridized carbons (Fsp3) is 0.455. The lowest BCUT2D eigenvalue weighted by Gasteiger charge is -2.32. The van der Waals surface area contributed by atoms with E-state index >= 15 is 0 Å². The molecule has 1 aliphatic heterocycles. The molecule has 3 amide bonds. The predicted molar refractivity (Wildman–Crippen MR) is 132 cm³/mol. The van der Waals surface area contributed by atoms with Crippen molar-refractivity contribution in [2.45, 2.75) is 57.6 Å². The molecule has 1 saturated heterocycles. The van der Waals surface area contributed by atoms with Gasteiger partial charge in [-0.05, 0) is 31.9 Å². The first-order chi connectivity index (χ1) is 15.5. The van der Waals surface area contributed by atoms with Gasteiger partial charge in [0.15, 0.2) is 0 Å². The molecule has 0 radical (unpaired) electrons. The summed E-state index contributed by atoms with van der Waals surface area (Å²) in [5.41, 5.74) is 2.61. The number of β-amino-alcohol motifs (C(OH)–C–C–N with tert-alkyl or cyclic N) is 1. The fourth-order valence-corrected chi connectivity index (χ4v) is 4.90. The molecular formula is C22H26FIN4O4S. The number of amides is 3. The molecule has 2 heterocycles. The van der Waals surface area contributed by atoms with E-state index in [0.717, 1.165) is 26.6 Å². The molecule has 8 nitrogen and oxygen atoms in total. The fourth-order valence-electron chi connectivity index (χ4n) is 3.77. The second-order valence-corrected chi connectivity index (χ2v) is 10.3. The molecule has 2 aromatic rings. The molecule has 3 N–H and O–H groups in total. The summed E-state index contributed by atoms with van der Waals surface area (Å²) in [7, 11) is 0. The maximum absolute atomic E-state index is 14.6. The van der Waals surface area contributed by atoms with Gasteiger partial charge in [0.25, 0.3) is 3.91 Å². The first-order valence-corrected chi connectivity index (χ1v) is 12.3. The lowest BCUT2D eigenvalue weighted by atomic mass is 9.99. The van der Waals surface area contributed by atoms with Crippen molar-refractivity contribution in [3.63, 3.8) is 0 Å². The number of halogens is 2. The summed E-state index contributed by atoms with van der Waals surface area (Å²) in [6, 6.07) is 5.29. The van der Waals surface area contributed by atoms with Crippen LogP contribution in [0, 0.1) is 6.92 Å². The number of carbonyl (C=O) groups excluding carboxylic acids is 3. The minimum Gasteiger partial charge on any atom is -0.391 e. The van der Waals surface area contributed by atoms with Crippen molar-refractivity contribution >= 4 is 49.7 Å². The van der Waals surface area contributed by atoms with E-state index in [-0.39, 0.29) is 19.5 Å². The summed E-state index contributed by atoms with van der Waals surface area (Å²) >= 11 is 2.98. The van der Waals surface area contributed by atoms with Crippen LogP contribution in [-0.2, 0) is 16.1 Å². The minimum absolute atomic E-state index is 0.0405. The van der Waals surface area contributed by atoms with Gasteiger partial charge in [0.2, 0.25) is 11.8 Å². The van der Waals surface area contributed by atoms with Crippen LogP contribution in [0.1, 0.15) is 31.5 Å². The first-order valence-electron chi connectivity index (χ1n) is 10.4. The Morgan fingerprint density at radius 1 is 1.33 bits per heavy atom. The summed E-state index contributed by atoms with van der Waals surface area (Å²) < 4.78 is 14.1. The standard InChI is InChI=1S/C22H26FIN4O4S/c1-12-17(33-11-26-12)14-6-4-13(5-7-14)9-25-19(30)16-8-15(29)10-28(16)20(31)18(22(2,3)23)27-21(24)32/h4-7,11,15-16,18,29H,8-10H2,1-3H3,(H,25,30)(H,27,32). The topological polar surface area (TPSA) is 112 Å². The number of aliphatic hydroxyl groups is 1. The van der Waals surface area contributed by atoms with Crippen LogP contribution < -0.4 is 10.6 Å². The van der Waals surface area contributed by atoms with Crippen molar-refractivity contribution in [1.82, 2.24) is 20.5 Å². The van der Waals surface area contributed by atoms with Gasteiger partial charge in [-0.25, -0.2) is 9.37 Å². The predicted octanol–water partition coefficient (Wildman–Crippen LogP) is 2.96. The maximum atomic E-state index is 14.6. The number of thiazole rings is 1. The van der Waals surface area contributed by atoms with Gasteiger partial charge in [-0.15, -0.1) is 11.3 Å². The molecule has 0 spiro atoms. The van der Waals surface area contributed by atoms with Crippen molar-refractivity contribution in [2.24, 2.45) is 0 Å². The van der Waals surface area contributed by atoms with Crippen molar-refractivity contribution in [3.8, 4) is 10.4 Å². The van der Waals surface area contributed by atoms with Crippen LogP contribution in [0.3, 0.4) is 0 Å². The summed E-state index contributed by atoms with van der Waals surface area (Å²) in [6.07, 6.45) is -0.871. The van der Waals surface area contributed by atoms with Crippen molar-refractivity contribution in [1.29, 1.82) is 0 Å². The molecule has 3 atom stereocenters. The van der Waals surface area contributed by atoms with Crippen LogP contribution in [0.25, 0.3) is 10.4 Å². The van der Waals surface area contributed by atoms with Crippen LogP contribution in [0.5, 0.6) is 0 Å². The van der Waals surface area contributed by atoms with Gasteiger partial charge in [0.1, 0.15) is 17.8 Å². The van der Waals surface area contributed by atoms with Crippen LogP contribution in [0.4, 0.5) is 9.18 Å². The molecule has 0 aliphatic carbocycles. The number of alkyl halides is 1. The van der Waals surface area contributed by atoms with Crippen molar-refractivity contribution < 1.29 is 23.9 Å². The Morgan fingerprint density at radius 2 is 2.00 bits per heavy atom. The quantitative estimate of drug-likeness (QED) is 0.262. The van der Waals surface area contributed by atoms with Crippen molar-refractivity contribution in [3.05, 3.63) is 41.0 Å². The number of nitrogens with zero attached hydrogens (tertiary/aromatic N) is 2. The molecular weight excluding hydrogens is 562 g/mol. The van der Waals surface area contributed by atoms with Gasteiger partial charge in [0, 0.05) is 42.1 Å². The van der Waals surface area contributed by atoms with Crippen LogP contribution in [0.15, 0.2) is 29.8 Å². The number of aryl methyl sites for hydroxylation is 1. The monoisotopic (exact) mass is 588 g/mol. The number of aliphatic hydroxyl groups excluding tert-OH is 1. The third-order valence-corrected chi connectivity index (χ3v) is 6.77. The van der Waals surface area contributed by atoms with Gasteiger partial charge in [-0.3, -0.25) is 14.4 Å². The maximum Gasteiger partial charge on any atom is 0.281 e. The van der Waals surface area contributed by atoms with Gasteiger partial charge in [-0.2, -0.15) is 0 Å². The van der Waals surface area contributed by atoms with E-state index < -0.39 is 39.6 Å². The van der Waals surface area contributed by atoms with E-state index in [4.69, 9.17) is 0 Å². The van der Waals surface area contributed by atoms with E-state index in [9.17, 15) is 23.9 Å². The normalized spacial score (nSPS) is 19.3. The summed E-state index contributed by atoms with van der Waals surface area (Å²) in [4.78, 5) is 43.8. The molecule has 11 heteroatoms. The largest absolute Gasteiger partial charge is 0.391 e. The molecule has 0 saturated carbocycles. The Bertz CT molecular complexity index is 1020. The number of hydrogen-bond donors (Lipinski definition) is 3. The number of rotatable bonds is 7. The molecule has 1 aliphatic rings. The Kier molecular flexibility index (Phi) is 8.06. The Balaban J connectivity index is 1.67. The number of hydrogen-bond acceptors (Lipinski definition) is 6. The lowest BCUT2D eigenvalue weighted by Crippen LogP contribution is -2.58. The van der Waals surface area contributed by atoms with E-state index in [0.29, 0.717) is 0 Å². The summed E-state index contributed by atoms with van der Waals surface area (Å²) in [6.45, 7) is 4.44. The van der Waals surface area contributed by atoms with Crippen LogP contribution >= 0.6 is 33.9 Å². The zero-order valence-electron chi connectivity index (χ0n) is 18.5. The molecule has 3 rings (SSSR count). The molecule has 33 heavy (non-hydrogen) atoms. The molecule has 0 bridgehead atoms. The van der Waals surface area contributed by atoms with Gasteiger partial charge in [-0.1, -0.05) is 24.3 Å². The van der Waals surface area contributed by atoms with E-state index in [1.807, 2.05) is 31.2 Å². The highest BCUT2D eigenvalue weighted by Crippen LogP contribution is 2.27. The van der Waals surface area contributed by atoms with Gasteiger partial charge < -0.3 is 20.6 Å². The third-order valence-electron chi connectivity index (χ3n) is 5.48. The number of carbonyl (C=O) groups is 3. The number of likely N-dealkylation sites (tertiary alicyclic amines) is 1. The second-order valence-electron chi connectivity index (χ2n) is 8.49. The number of aromatic nitrogens is 1. The zero-order chi connectivity index (χ0) is 24.3. The Labute approximate surface area is 209 Å². The second kappa shape index (κ2) is 10.4. The minimum atomic E-state index is -2.05. The highest BCUT2D eigenvalue weighted by atomic mass is 127. The Morgan fingerprint density at radius 3 is 2.55 bits per heavy atom. The SMILES string of the molecule is Cc1ncsc1-c1ccc(CNC(=O)C2CC(O)CN2C(=O)C(NC(=O)I)C(C)(C)F)cc1. The molecule has 3 unspecified atom stereocenters. The van der Waals surface area contributed by atoms with Crippen LogP contribution in [-0.4, -0.2) is 61.1 Å². The zero-order valence-corrected chi connectivity index (χ0v) is 21.4. The molecule has 178 valence electrons. The molecule has 1 aromatic heterocycles. The third kappa shape index (κ3) is 6.27. The Hall–Kier alpha value is -2.12. The van der Waals surface area contributed by atoms with Crippen molar-refractivity contribution in [2.75, 3.05) is 6.54 Å². The summed E-state index contributed by atoms with van der Waals surface area (Å²) in [5.74, 6) is -1.19. The highest BCUT2D eigenvalue weighted by molar-refractivity contribution is 14.1.